The smallest absolute Gasteiger partial charge is 0.128 e. The molecule has 0 amide bonds. The van der Waals surface area contributed by atoms with Gasteiger partial charge in [0.2, 0.25) is 0 Å². The molecule has 21 heavy (non-hydrogen) atoms. The molecule has 0 spiro atoms. The maximum Gasteiger partial charge on any atom is 0.128 e. The van der Waals surface area contributed by atoms with E-state index in [1.54, 1.807) is 24.3 Å². The Labute approximate surface area is 139 Å². The first-order chi connectivity index (χ1) is 10.0. The number of nitrogens with one attached hydrogen (secondary N) is 1. The van der Waals surface area contributed by atoms with E-state index in [4.69, 9.17) is 34.8 Å². The van der Waals surface area contributed by atoms with Crippen LogP contribution < -0.4 is 5.32 Å². The van der Waals surface area contributed by atoms with Crippen LogP contribution in [-0.4, -0.2) is 6.54 Å². The molecule has 2 aromatic carbocycles. The second-order valence-electron chi connectivity index (χ2n) is 4.72. The minimum atomic E-state index is -0.282. The summed E-state index contributed by atoms with van der Waals surface area (Å²) in [5.74, 6) is -0.282. The molecular formula is C16H15Cl3FN. The van der Waals surface area contributed by atoms with Crippen molar-refractivity contribution in [3.8, 4) is 0 Å². The van der Waals surface area contributed by atoms with Crippen molar-refractivity contribution < 1.29 is 4.39 Å². The van der Waals surface area contributed by atoms with Crippen LogP contribution in [0.25, 0.3) is 0 Å². The van der Waals surface area contributed by atoms with Crippen molar-refractivity contribution in [1.29, 1.82) is 0 Å². The summed E-state index contributed by atoms with van der Waals surface area (Å²) in [6.07, 6.45) is 0.557. The summed E-state index contributed by atoms with van der Waals surface area (Å²) in [6.45, 7) is 2.68. The quantitative estimate of drug-likeness (QED) is 0.734. The average molecular weight is 347 g/mol. The largest absolute Gasteiger partial charge is 0.310 e. The van der Waals surface area contributed by atoms with Crippen molar-refractivity contribution in [1.82, 2.24) is 5.32 Å². The standard InChI is InChI=1S/C16H15Cl3FN/c1-2-21-16(13-8-11(17)5-6-15(13)20)7-10-3-4-12(18)9-14(10)19/h3-6,8-9,16,21H,2,7H2,1H3. The van der Waals surface area contributed by atoms with Crippen LogP contribution in [0.15, 0.2) is 36.4 Å². The summed E-state index contributed by atoms with van der Waals surface area (Å²) in [5, 5.41) is 4.94. The predicted octanol–water partition coefficient (Wildman–Crippen LogP) is 5.68. The van der Waals surface area contributed by atoms with Crippen molar-refractivity contribution >= 4 is 34.8 Å². The van der Waals surface area contributed by atoms with Gasteiger partial charge in [-0.2, -0.15) is 0 Å². The van der Waals surface area contributed by atoms with E-state index in [0.29, 0.717) is 33.6 Å². The molecule has 112 valence electrons. The first-order valence-corrected chi connectivity index (χ1v) is 7.77. The normalized spacial score (nSPS) is 12.4. The van der Waals surface area contributed by atoms with Gasteiger partial charge in [0.05, 0.1) is 0 Å². The Morgan fingerprint density at radius 2 is 1.71 bits per heavy atom. The molecule has 0 aliphatic heterocycles. The van der Waals surface area contributed by atoms with Crippen LogP contribution in [-0.2, 0) is 6.42 Å². The zero-order chi connectivity index (χ0) is 15.4. The van der Waals surface area contributed by atoms with E-state index in [1.165, 1.54) is 6.07 Å². The summed E-state index contributed by atoms with van der Waals surface area (Å²) in [5.41, 5.74) is 1.45. The molecule has 1 nitrogen and oxygen atoms in total. The molecule has 0 heterocycles. The van der Waals surface area contributed by atoms with Gasteiger partial charge >= 0.3 is 0 Å². The summed E-state index contributed by atoms with van der Waals surface area (Å²) < 4.78 is 14.1. The molecule has 0 saturated carbocycles. The van der Waals surface area contributed by atoms with E-state index in [-0.39, 0.29) is 11.9 Å². The van der Waals surface area contributed by atoms with E-state index in [0.717, 1.165) is 5.56 Å². The highest BCUT2D eigenvalue weighted by molar-refractivity contribution is 6.35. The first kappa shape index (κ1) is 16.6. The maximum atomic E-state index is 14.1. The van der Waals surface area contributed by atoms with Crippen LogP contribution in [0.5, 0.6) is 0 Å². The van der Waals surface area contributed by atoms with Crippen molar-refractivity contribution in [3.05, 3.63) is 68.4 Å². The molecule has 1 atom stereocenters. The van der Waals surface area contributed by atoms with Crippen LogP contribution in [0.3, 0.4) is 0 Å². The lowest BCUT2D eigenvalue weighted by Crippen LogP contribution is -2.24. The molecular weight excluding hydrogens is 332 g/mol. The molecule has 0 saturated heterocycles. The lowest BCUT2D eigenvalue weighted by atomic mass is 9.98. The third-order valence-corrected chi connectivity index (χ3v) is 4.05. The first-order valence-electron chi connectivity index (χ1n) is 6.63. The lowest BCUT2D eigenvalue weighted by Gasteiger charge is -2.20. The second kappa shape index (κ2) is 7.46. The highest BCUT2D eigenvalue weighted by atomic mass is 35.5. The topological polar surface area (TPSA) is 12.0 Å². The summed E-state index contributed by atoms with van der Waals surface area (Å²) in [7, 11) is 0. The van der Waals surface area contributed by atoms with Crippen LogP contribution in [0.2, 0.25) is 15.1 Å². The molecule has 1 N–H and O–H groups in total. The van der Waals surface area contributed by atoms with E-state index in [2.05, 4.69) is 5.32 Å². The molecule has 0 aromatic heterocycles. The number of benzene rings is 2. The van der Waals surface area contributed by atoms with Gasteiger partial charge in [-0.15, -0.1) is 0 Å². The van der Waals surface area contributed by atoms with Crippen LogP contribution in [0.4, 0.5) is 4.39 Å². The predicted molar refractivity (Wildman–Crippen MR) is 88.0 cm³/mol. The SMILES string of the molecule is CCNC(Cc1ccc(Cl)cc1Cl)c1cc(Cl)ccc1F. The van der Waals surface area contributed by atoms with Crippen LogP contribution in [0, 0.1) is 5.82 Å². The van der Waals surface area contributed by atoms with Gasteiger partial charge in [-0.25, -0.2) is 4.39 Å². The molecule has 0 radical (unpaired) electrons. The molecule has 0 aliphatic rings. The Balaban J connectivity index is 2.32. The van der Waals surface area contributed by atoms with Gasteiger partial charge < -0.3 is 5.32 Å². The van der Waals surface area contributed by atoms with Gasteiger partial charge in [-0.3, -0.25) is 0 Å². The number of likely N-dealkylation sites (N-methyl/N-ethyl adjacent to an activating group) is 1. The molecule has 0 fully saturated rings. The van der Waals surface area contributed by atoms with E-state index >= 15 is 0 Å². The van der Waals surface area contributed by atoms with Gasteiger partial charge in [-0.05, 0) is 48.9 Å². The third-order valence-electron chi connectivity index (χ3n) is 3.22. The van der Waals surface area contributed by atoms with Gasteiger partial charge in [0.25, 0.3) is 0 Å². The molecule has 0 bridgehead atoms. The highest BCUT2D eigenvalue weighted by Gasteiger charge is 2.17. The maximum absolute atomic E-state index is 14.1. The Morgan fingerprint density at radius 3 is 2.38 bits per heavy atom. The van der Waals surface area contributed by atoms with Crippen LogP contribution in [0.1, 0.15) is 24.1 Å². The number of halogens is 4. The monoisotopic (exact) mass is 345 g/mol. The van der Waals surface area contributed by atoms with E-state index in [1.807, 2.05) is 13.0 Å². The van der Waals surface area contributed by atoms with Gasteiger partial charge in [-0.1, -0.05) is 47.8 Å². The average Bonchev–Trinajstić information content (AvgIpc) is 2.44. The van der Waals surface area contributed by atoms with Crippen molar-refractivity contribution in [2.45, 2.75) is 19.4 Å². The molecule has 5 heteroatoms. The van der Waals surface area contributed by atoms with Gasteiger partial charge in [0, 0.05) is 26.7 Å². The molecule has 2 rings (SSSR count). The molecule has 2 aromatic rings. The second-order valence-corrected chi connectivity index (χ2v) is 6.00. The van der Waals surface area contributed by atoms with Crippen molar-refractivity contribution in [2.24, 2.45) is 0 Å². The Morgan fingerprint density at radius 1 is 1.05 bits per heavy atom. The van der Waals surface area contributed by atoms with E-state index in [9.17, 15) is 4.39 Å². The fourth-order valence-electron chi connectivity index (χ4n) is 2.23. The summed E-state index contributed by atoms with van der Waals surface area (Å²) in [6, 6.07) is 9.69. The zero-order valence-electron chi connectivity index (χ0n) is 11.5. The van der Waals surface area contributed by atoms with Crippen molar-refractivity contribution in [3.63, 3.8) is 0 Å². The van der Waals surface area contributed by atoms with Gasteiger partial charge in [0.1, 0.15) is 5.82 Å². The number of rotatable bonds is 5. The lowest BCUT2D eigenvalue weighted by molar-refractivity contribution is 0.510. The third kappa shape index (κ3) is 4.33. The minimum Gasteiger partial charge on any atom is -0.310 e. The fraction of sp³-hybridized carbons (Fsp3) is 0.250. The zero-order valence-corrected chi connectivity index (χ0v) is 13.7. The highest BCUT2D eigenvalue weighted by Crippen LogP contribution is 2.28. The Kier molecular flexibility index (Phi) is 5.88. The Hall–Kier alpha value is -0.800. The molecule has 0 aliphatic carbocycles. The van der Waals surface area contributed by atoms with Gasteiger partial charge in [0.15, 0.2) is 0 Å². The van der Waals surface area contributed by atoms with Crippen molar-refractivity contribution in [2.75, 3.05) is 6.54 Å². The minimum absolute atomic E-state index is 0.202. The Bertz CT molecular complexity index is 631. The summed E-state index contributed by atoms with van der Waals surface area (Å²) in [4.78, 5) is 0. The van der Waals surface area contributed by atoms with Crippen LogP contribution >= 0.6 is 34.8 Å². The molecule has 1 unspecified atom stereocenters. The number of hydrogen-bond acceptors (Lipinski definition) is 1. The summed E-state index contributed by atoms with van der Waals surface area (Å²) >= 11 is 18.1. The fourth-order valence-corrected chi connectivity index (χ4v) is 2.89. The van der Waals surface area contributed by atoms with E-state index < -0.39 is 0 Å². The number of hydrogen-bond donors (Lipinski definition) is 1.